The van der Waals surface area contributed by atoms with Gasteiger partial charge in [0.1, 0.15) is 11.9 Å². The van der Waals surface area contributed by atoms with E-state index >= 15 is 0 Å². The topological polar surface area (TPSA) is 128 Å². The zero-order valence-corrected chi connectivity index (χ0v) is 22.3. The predicted molar refractivity (Wildman–Crippen MR) is 138 cm³/mol. The van der Waals surface area contributed by atoms with Crippen LogP contribution in [0, 0.1) is 11.2 Å². The molecule has 1 aromatic carbocycles. The molecular weight excluding hydrogens is 513 g/mol. The van der Waals surface area contributed by atoms with Gasteiger partial charge in [0.2, 0.25) is 16.3 Å². The molecule has 0 radical (unpaired) electrons. The van der Waals surface area contributed by atoms with Gasteiger partial charge in [0.25, 0.3) is 0 Å². The number of hydrogen-bond donors (Lipinski definition) is 2. The molecule has 0 unspecified atom stereocenters. The number of H-pyrrole nitrogens is 1. The van der Waals surface area contributed by atoms with Crippen LogP contribution in [0.15, 0.2) is 36.5 Å². The van der Waals surface area contributed by atoms with E-state index in [1.165, 1.54) is 18.6 Å². The van der Waals surface area contributed by atoms with Crippen LogP contribution in [0.1, 0.15) is 51.1 Å². The lowest BCUT2D eigenvalue weighted by molar-refractivity contribution is -0.231. The number of ether oxygens (including phenoxy) is 3. The smallest absolute Gasteiger partial charge is 0.317 e. The molecule has 5 rings (SSSR count). The number of nitrogens with one attached hydrogen (secondary N) is 2. The third kappa shape index (κ3) is 6.55. The molecule has 204 valence electrons. The van der Waals surface area contributed by atoms with E-state index in [2.05, 4.69) is 19.7 Å². The van der Waals surface area contributed by atoms with Crippen LogP contribution in [0.25, 0.3) is 22.6 Å². The Bertz CT molecular complexity index is 1350. The number of imidazole rings is 1. The van der Waals surface area contributed by atoms with Crippen molar-refractivity contribution in [3.63, 3.8) is 0 Å². The number of benzene rings is 1. The van der Waals surface area contributed by atoms with Gasteiger partial charge in [0.05, 0.1) is 36.6 Å². The molecule has 3 heterocycles. The quantitative estimate of drug-likeness (QED) is 0.435. The SMILES string of the molecule is CC1(CNS(C)(=O)=O)COC(c2nc(-c3ccc(F)cc3)c(-c3ccnc(OC4CCCCC4)n3)[nH]2)OC1. The fourth-order valence-electron chi connectivity index (χ4n) is 4.58. The van der Waals surface area contributed by atoms with Gasteiger partial charge in [-0.05, 0) is 56.0 Å². The van der Waals surface area contributed by atoms with Crippen LogP contribution in [0.2, 0.25) is 0 Å². The van der Waals surface area contributed by atoms with Crippen LogP contribution in [0.4, 0.5) is 4.39 Å². The van der Waals surface area contributed by atoms with Crippen LogP contribution in [0.3, 0.4) is 0 Å². The summed E-state index contributed by atoms with van der Waals surface area (Å²) in [5.41, 5.74) is 1.88. The lowest BCUT2D eigenvalue weighted by Crippen LogP contribution is -2.45. The van der Waals surface area contributed by atoms with E-state index in [1.54, 1.807) is 24.4 Å². The highest BCUT2D eigenvalue weighted by atomic mass is 32.2. The van der Waals surface area contributed by atoms with E-state index in [1.807, 2.05) is 6.92 Å². The summed E-state index contributed by atoms with van der Waals surface area (Å²) in [6.07, 6.45) is 7.51. The molecule has 2 N–H and O–H groups in total. The highest BCUT2D eigenvalue weighted by Gasteiger charge is 2.36. The predicted octanol–water partition coefficient (Wildman–Crippen LogP) is 3.99. The first-order valence-corrected chi connectivity index (χ1v) is 14.6. The van der Waals surface area contributed by atoms with Crippen LogP contribution < -0.4 is 9.46 Å². The third-order valence-corrected chi connectivity index (χ3v) is 7.37. The largest absolute Gasteiger partial charge is 0.460 e. The van der Waals surface area contributed by atoms with Crippen molar-refractivity contribution in [3.05, 3.63) is 48.2 Å². The fraction of sp³-hybridized carbons (Fsp3) is 0.500. The van der Waals surface area contributed by atoms with Gasteiger partial charge in [-0.25, -0.2) is 27.5 Å². The Morgan fingerprint density at radius 2 is 1.82 bits per heavy atom. The average molecular weight is 546 g/mol. The summed E-state index contributed by atoms with van der Waals surface area (Å²) >= 11 is 0. The van der Waals surface area contributed by atoms with E-state index in [0.29, 0.717) is 34.5 Å². The number of rotatable bonds is 8. The van der Waals surface area contributed by atoms with Crippen molar-refractivity contribution in [1.82, 2.24) is 24.7 Å². The maximum absolute atomic E-state index is 13.7. The standard InChI is InChI=1S/C26H32FN5O5S/c1-26(14-29-38(2,33)34)15-35-24(36-16-26)23-31-21(17-8-10-18(27)11-9-17)22(32-23)20-12-13-28-25(30-20)37-19-6-4-3-5-7-19/h8-13,19,24,29H,3-7,14-16H2,1-2H3,(H,31,32). The summed E-state index contributed by atoms with van der Waals surface area (Å²) in [7, 11) is -3.34. The van der Waals surface area contributed by atoms with Gasteiger partial charge in [-0.1, -0.05) is 13.3 Å². The first-order valence-electron chi connectivity index (χ1n) is 12.7. The normalized spacial score (nSPS) is 22.9. The summed E-state index contributed by atoms with van der Waals surface area (Å²) < 4.78 is 57.2. The number of aromatic nitrogens is 4. The number of aromatic amines is 1. The first kappa shape index (κ1) is 26.7. The molecule has 1 saturated carbocycles. The molecule has 1 aliphatic carbocycles. The number of hydrogen-bond acceptors (Lipinski definition) is 8. The minimum absolute atomic E-state index is 0.100. The first-order chi connectivity index (χ1) is 18.2. The number of halogens is 1. The van der Waals surface area contributed by atoms with Crippen LogP contribution in [-0.4, -0.2) is 60.5 Å². The van der Waals surface area contributed by atoms with Gasteiger partial charge in [0.15, 0.2) is 5.82 Å². The van der Waals surface area contributed by atoms with E-state index in [-0.39, 0.29) is 31.7 Å². The van der Waals surface area contributed by atoms with Gasteiger partial charge in [-0.15, -0.1) is 0 Å². The zero-order valence-electron chi connectivity index (χ0n) is 21.4. The Balaban J connectivity index is 1.40. The summed E-state index contributed by atoms with van der Waals surface area (Å²) in [5, 5.41) is 0. The molecule has 0 spiro atoms. The maximum Gasteiger partial charge on any atom is 0.317 e. The van der Waals surface area contributed by atoms with Crippen LogP contribution in [0.5, 0.6) is 6.01 Å². The molecule has 2 fully saturated rings. The molecule has 10 nitrogen and oxygen atoms in total. The minimum atomic E-state index is -3.34. The summed E-state index contributed by atoms with van der Waals surface area (Å²) in [6.45, 7) is 2.59. The van der Waals surface area contributed by atoms with Crippen molar-refractivity contribution in [2.24, 2.45) is 5.41 Å². The maximum atomic E-state index is 13.7. The lowest BCUT2D eigenvalue weighted by Gasteiger charge is -2.36. The fourth-order valence-corrected chi connectivity index (χ4v) is 5.19. The van der Waals surface area contributed by atoms with E-state index in [9.17, 15) is 12.8 Å². The molecule has 0 bridgehead atoms. The van der Waals surface area contributed by atoms with E-state index in [0.717, 1.165) is 31.9 Å². The van der Waals surface area contributed by atoms with Crippen molar-refractivity contribution in [2.75, 3.05) is 26.0 Å². The molecule has 38 heavy (non-hydrogen) atoms. The molecule has 1 aliphatic heterocycles. The van der Waals surface area contributed by atoms with Gasteiger partial charge in [-0.2, -0.15) is 4.98 Å². The molecule has 12 heteroatoms. The van der Waals surface area contributed by atoms with E-state index < -0.39 is 21.7 Å². The lowest BCUT2D eigenvalue weighted by atomic mass is 9.92. The summed E-state index contributed by atoms with van der Waals surface area (Å²) in [6, 6.07) is 8.10. The Hall–Kier alpha value is -2.93. The second-order valence-electron chi connectivity index (χ2n) is 10.3. The third-order valence-electron chi connectivity index (χ3n) is 6.70. The van der Waals surface area contributed by atoms with Crippen molar-refractivity contribution >= 4 is 10.0 Å². The van der Waals surface area contributed by atoms with Crippen molar-refractivity contribution in [2.45, 2.75) is 51.4 Å². The second kappa shape index (κ2) is 11.0. The van der Waals surface area contributed by atoms with E-state index in [4.69, 9.17) is 19.2 Å². The number of nitrogens with zero attached hydrogens (tertiary/aromatic N) is 3. The van der Waals surface area contributed by atoms with Gasteiger partial charge < -0.3 is 19.2 Å². The Morgan fingerprint density at radius 1 is 1.11 bits per heavy atom. The van der Waals surface area contributed by atoms with Crippen molar-refractivity contribution in [3.8, 4) is 28.7 Å². The molecule has 3 aromatic rings. The van der Waals surface area contributed by atoms with Gasteiger partial charge in [0, 0.05) is 23.7 Å². The monoisotopic (exact) mass is 545 g/mol. The van der Waals surface area contributed by atoms with Gasteiger partial charge >= 0.3 is 6.01 Å². The second-order valence-corrected chi connectivity index (χ2v) is 12.1. The highest BCUT2D eigenvalue weighted by molar-refractivity contribution is 7.88. The van der Waals surface area contributed by atoms with Crippen LogP contribution >= 0.6 is 0 Å². The molecule has 1 saturated heterocycles. The molecule has 0 amide bonds. The van der Waals surface area contributed by atoms with Crippen molar-refractivity contribution < 1.29 is 27.0 Å². The highest BCUT2D eigenvalue weighted by Crippen LogP contribution is 2.35. The summed E-state index contributed by atoms with van der Waals surface area (Å²) in [5.74, 6) is 0.0722. The Morgan fingerprint density at radius 3 is 2.50 bits per heavy atom. The zero-order chi connectivity index (χ0) is 26.8. The van der Waals surface area contributed by atoms with Crippen molar-refractivity contribution in [1.29, 1.82) is 0 Å². The minimum Gasteiger partial charge on any atom is -0.460 e. The number of sulfonamides is 1. The molecular formula is C26H32FN5O5S. The van der Waals surface area contributed by atoms with Gasteiger partial charge in [-0.3, -0.25) is 0 Å². The molecule has 0 atom stereocenters. The Labute approximate surface area is 221 Å². The average Bonchev–Trinajstić information content (AvgIpc) is 3.34. The molecule has 2 aromatic heterocycles. The summed E-state index contributed by atoms with van der Waals surface area (Å²) in [4.78, 5) is 17.0. The molecule has 2 aliphatic rings. The van der Waals surface area contributed by atoms with Crippen LogP contribution in [-0.2, 0) is 19.5 Å². The Kier molecular flexibility index (Phi) is 7.75.